The highest BCUT2D eigenvalue weighted by molar-refractivity contribution is 14.1. The second-order valence-corrected chi connectivity index (χ2v) is 3.71. The van der Waals surface area contributed by atoms with Gasteiger partial charge >= 0.3 is 0 Å². The highest BCUT2D eigenvalue weighted by Crippen LogP contribution is 2.20. The standard InChI is InChI=1S/C6H4BrFIN/c1-3-4(7)2-10-6(9)5(3)8/h2H,1H3. The molecule has 0 bridgehead atoms. The van der Waals surface area contributed by atoms with Crippen molar-refractivity contribution in [1.82, 2.24) is 4.98 Å². The molecular weight excluding hydrogens is 312 g/mol. The van der Waals surface area contributed by atoms with Crippen molar-refractivity contribution in [2.45, 2.75) is 6.92 Å². The van der Waals surface area contributed by atoms with Crippen molar-refractivity contribution >= 4 is 38.5 Å². The van der Waals surface area contributed by atoms with E-state index in [0.717, 1.165) is 0 Å². The molecule has 1 aromatic rings. The van der Waals surface area contributed by atoms with E-state index in [1.165, 1.54) is 0 Å². The fourth-order valence-electron chi connectivity index (χ4n) is 0.526. The summed E-state index contributed by atoms with van der Waals surface area (Å²) in [5.74, 6) is -0.241. The van der Waals surface area contributed by atoms with Crippen molar-refractivity contribution in [3.63, 3.8) is 0 Å². The molecule has 4 heteroatoms. The molecule has 1 rings (SSSR count). The van der Waals surface area contributed by atoms with E-state index in [-0.39, 0.29) is 5.82 Å². The highest BCUT2D eigenvalue weighted by atomic mass is 127. The topological polar surface area (TPSA) is 12.9 Å². The van der Waals surface area contributed by atoms with Gasteiger partial charge in [-0.05, 0) is 45.4 Å². The van der Waals surface area contributed by atoms with E-state index in [4.69, 9.17) is 0 Å². The molecule has 0 aliphatic rings. The quantitative estimate of drug-likeness (QED) is 0.530. The van der Waals surface area contributed by atoms with Crippen LogP contribution in [-0.2, 0) is 0 Å². The summed E-state index contributed by atoms with van der Waals surface area (Å²) in [5, 5.41) is 0. The fraction of sp³-hybridized carbons (Fsp3) is 0.167. The van der Waals surface area contributed by atoms with Crippen molar-refractivity contribution in [1.29, 1.82) is 0 Å². The van der Waals surface area contributed by atoms with Gasteiger partial charge in [0.25, 0.3) is 0 Å². The molecular formula is C6H4BrFIN. The summed E-state index contributed by atoms with van der Waals surface area (Å²) in [6.07, 6.45) is 1.60. The molecule has 0 aliphatic carbocycles. The Kier molecular flexibility index (Phi) is 2.62. The van der Waals surface area contributed by atoms with Gasteiger partial charge in [0.2, 0.25) is 0 Å². The largest absolute Gasteiger partial charge is 0.246 e. The zero-order chi connectivity index (χ0) is 7.72. The molecule has 1 nitrogen and oxygen atoms in total. The van der Waals surface area contributed by atoms with E-state index in [9.17, 15) is 4.39 Å². The Morgan fingerprint density at radius 2 is 2.30 bits per heavy atom. The van der Waals surface area contributed by atoms with Crippen LogP contribution in [0.15, 0.2) is 10.7 Å². The van der Waals surface area contributed by atoms with Gasteiger partial charge in [0.15, 0.2) is 5.82 Å². The minimum absolute atomic E-state index is 0.241. The molecule has 0 amide bonds. The summed E-state index contributed by atoms with van der Waals surface area (Å²) in [7, 11) is 0. The predicted octanol–water partition coefficient (Wildman–Crippen LogP) is 2.90. The second-order valence-electron chi connectivity index (χ2n) is 1.84. The van der Waals surface area contributed by atoms with Crippen LogP contribution in [0, 0.1) is 16.4 Å². The lowest BCUT2D eigenvalue weighted by molar-refractivity contribution is 0.601. The first-order valence-corrected chi connectivity index (χ1v) is 4.46. The smallest absolute Gasteiger partial charge is 0.159 e. The number of rotatable bonds is 0. The van der Waals surface area contributed by atoms with Crippen LogP contribution in [-0.4, -0.2) is 4.98 Å². The molecule has 0 saturated carbocycles. The summed E-state index contributed by atoms with van der Waals surface area (Å²) < 4.78 is 14.0. The average molecular weight is 316 g/mol. The molecule has 10 heavy (non-hydrogen) atoms. The molecule has 0 spiro atoms. The van der Waals surface area contributed by atoms with Gasteiger partial charge < -0.3 is 0 Å². The van der Waals surface area contributed by atoms with Gasteiger partial charge in [-0.1, -0.05) is 0 Å². The van der Waals surface area contributed by atoms with E-state index in [0.29, 0.717) is 13.7 Å². The Morgan fingerprint density at radius 1 is 1.70 bits per heavy atom. The van der Waals surface area contributed by atoms with E-state index in [1.807, 2.05) is 22.6 Å². The number of nitrogens with zero attached hydrogens (tertiary/aromatic N) is 1. The minimum Gasteiger partial charge on any atom is -0.246 e. The van der Waals surface area contributed by atoms with E-state index >= 15 is 0 Å². The van der Waals surface area contributed by atoms with Gasteiger partial charge in [-0.3, -0.25) is 0 Å². The van der Waals surface area contributed by atoms with Crippen molar-refractivity contribution in [3.05, 3.63) is 25.8 Å². The first-order valence-electron chi connectivity index (χ1n) is 2.59. The Labute approximate surface area is 80.3 Å². The summed E-state index contributed by atoms with van der Waals surface area (Å²) in [6.45, 7) is 1.71. The maximum atomic E-state index is 12.9. The number of pyridine rings is 1. The summed E-state index contributed by atoms with van der Waals surface area (Å²) in [6, 6.07) is 0. The number of halogens is 3. The van der Waals surface area contributed by atoms with Gasteiger partial charge in [-0.25, -0.2) is 9.37 Å². The zero-order valence-corrected chi connectivity index (χ0v) is 8.90. The van der Waals surface area contributed by atoms with E-state index in [1.54, 1.807) is 13.1 Å². The van der Waals surface area contributed by atoms with Crippen LogP contribution in [0.2, 0.25) is 0 Å². The van der Waals surface area contributed by atoms with E-state index < -0.39 is 0 Å². The van der Waals surface area contributed by atoms with E-state index in [2.05, 4.69) is 20.9 Å². The lowest BCUT2D eigenvalue weighted by atomic mass is 10.3. The molecule has 0 N–H and O–H groups in total. The van der Waals surface area contributed by atoms with Gasteiger partial charge in [0.05, 0.1) is 0 Å². The fourth-order valence-corrected chi connectivity index (χ4v) is 1.35. The lowest BCUT2D eigenvalue weighted by Gasteiger charge is -1.99. The summed E-state index contributed by atoms with van der Waals surface area (Å²) in [5.41, 5.74) is 0.611. The molecule has 0 fully saturated rings. The molecule has 0 atom stereocenters. The van der Waals surface area contributed by atoms with Crippen LogP contribution in [0.4, 0.5) is 4.39 Å². The maximum absolute atomic E-state index is 12.9. The Morgan fingerprint density at radius 3 is 2.80 bits per heavy atom. The van der Waals surface area contributed by atoms with Crippen LogP contribution in [0.1, 0.15) is 5.56 Å². The van der Waals surface area contributed by atoms with Crippen LogP contribution >= 0.6 is 38.5 Å². The third-order valence-electron chi connectivity index (χ3n) is 1.16. The normalized spacial score (nSPS) is 10.0. The van der Waals surface area contributed by atoms with Crippen LogP contribution < -0.4 is 0 Å². The Hall–Kier alpha value is 0.290. The van der Waals surface area contributed by atoms with Crippen LogP contribution in [0.25, 0.3) is 0 Å². The molecule has 1 heterocycles. The van der Waals surface area contributed by atoms with Crippen LogP contribution in [0.3, 0.4) is 0 Å². The van der Waals surface area contributed by atoms with Gasteiger partial charge in [-0.15, -0.1) is 0 Å². The number of hydrogen-bond acceptors (Lipinski definition) is 1. The van der Waals surface area contributed by atoms with Crippen molar-refractivity contribution < 1.29 is 4.39 Å². The minimum atomic E-state index is -0.241. The summed E-state index contributed by atoms with van der Waals surface area (Å²) in [4.78, 5) is 3.80. The lowest BCUT2D eigenvalue weighted by Crippen LogP contribution is -1.91. The predicted molar refractivity (Wildman–Crippen MR) is 49.3 cm³/mol. The Bertz CT molecular complexity index is 237. The molecule has 0 aliphatic heterocycles. The van der Waals surface area contributed by atoms with Crippen molar-refractivity contribution in [2.75, 3.05) is 0 Å². The van der Waals surface area contributed by atoms with Crippen molar-refractivity contribution in [3.8, 4) is 0 Å². The SMILES string of the molecule is Cc1c(Br)cnc(I)c1F. The molecule has 1 aromatic heterocycles. The first-order chi connectivity index (χ1) is 4.63. The first kappa shape index (κ1) is 8.39. The van der Waals surface area contributed by atoms with Crippen molar-refractivity contribution in [2.24, 2.45) is 0 Å². The third kappa shape index (κ3) is 1.47. The number of aromatic nitrogens is 1. The van der Waals surface area contributed by atoms with Gasteiger partial charge in [0.1, 0.15) is 3.70 Å². The molecule has 0 aromatic carbocycles. The number of hydrogen-bond donors (Lipinski definition) is 0. The monoisotopic (exact) mass is 315 g/mol. The van der Waals surface area contributed by atoms with Gasteiger partial charge in [0, 0.05) is 16.2 Å². The molecule has 0 saturated heterocycles. The Balaban J connectivity index is 3.34. The second kappa shape index (κ2) is 3.13. The molecule has 0 unspecified atom stereocenters. The van der Waals surface area contributed by atoms with Gasteiger partial charge in [-0.2, -0.15) is 0 Å². The maximum Gasteiger partial charge on any atom is 0.159 e. The highest BCUT2D eigenvalue weighted by Gasteiger charge is 2.05. The zero-order valence-electron chi connectivity index (χ0n) is 5.16. The summed E-state index contributed by atoms with van der Waals surface area (Å²) >= 11 is 5.03. The molecule has 0 radical (unpaired) electrons. The van der Waals surface area contributed by atoms with Crippen LogP contribution in [0.5, 0.6) is 0 Å². The molecule has 54 valence electrons. The third-order valence-corrected chi connectivity index (χ3v) is 2.71. The average Bonchev–Trinajstić information content (AvgIpc) is 1.93.